The molecule has 186 valence electrons. The van der Waals surface area contributed by atoms with Crippen molar-refractivity contribution in [2.45, 2.75) is 31.7 Å². The maximum atomic E-state index is 13.6. The van der Waals surface area contributed by atoms with Crippen molar-refractivity contribution < 1.29 is 13.2 Å². The van der Waals surface area contributed by atoms with E-state index in [0.717, 1.165) is 25.6 Å². The van der Waals surface area contributed by atoms with Gasteiger partial charge in [0.05, 0.1) is 21.4 Å². The molecule has 0 N–H and O–H groups in total. The molecule has 0 saturated carbocycles. The third-order valence-electron chi connectivity index (χ3n) is 5.52. The zero-order valence-electron chi connectivity index (χ0n) is 20.0. The zero-order valence-corrected chi connectivity index (χ0v) is 22.5. The van der Waals surface area contributed by atoms with E-state index in [4.69, 9.17) is 4.98 Å². The second kappa shape index (κ2) is 10.9. The summed E-state index contributed by atoms with van der Waals surface area (Å²) in [4.78, 5) is 24.3. The number of carbonyl (C=O) groups is 1. The molecule has 4 aromatic rings. The highest BCUT2D eigenvalue weighted by molar-refractivity contribution is 7.89. The number of carbonyl (C=O) groups excluding carboxylic acids is 1. The van der Waals surface area contributed by atoms with E-state index < -0.39 is 10.0 Å². The topological polar surface area (TPSA) is 88.4 Å². The summed E-state index contributed by atoms with van der Waals surface area (Å²) in [6.07, 6.45) is 6.08. The van der Waals surface area contributed by atoms with Crippen LogP contribution in [0.15, 0.2) is 60.0 Å². The van der Waals surface area contributed by atoms with Gasteiger partial charge in [-0.05, 0) is 61.7 Å². The Bertz CT molecular complexity index is 1420. The smallest absolute Gasteiger partial charge is 0.260 e. The second-order valence-electron chi connectivity index (χ2n) is 8.35. The van der Waals surface area contributed by atoms with E-state index in [1.807, 2.05) is 30.7 Å². The van der Waals surface area contributed by atoms with Gasteiger partial charge in [-0.2, -0.15) is 0 Å². The van der Waals surface area contributed by atoms with Crippen LogP contribution in [0.25, 0.3) is 10.2 Å². The summed E-state index contributed by atoms with van der Waals surface area (Å²) in [6.45, 7) is 5.26. The van der Waals surface area contributed by atoms with Crippen molar-refractivity contribution in [1.82, 2.24) is 18.8 Å². The summed E-state index contributed by atoms with van der Waals surface area (Å²) in [5, 5.41) is 0.629. The van der Waals surface area contributed by atoms with Gasteiger partial charge in [-0.3, -0.25) is 9.69 Å². The molecule has 0 aliphatic heterocycles. The van der Waals surface area contributed by atoms with Gasteiger partial charge in [0.2, 0.25) is 10.0 Å². The third-order valence-corrected chi connectivity index (χ3v) is 8.58. The first-order valence-corrected chi connectivity index (χ1v) is 13.1. The first-order valence-electron chi connectivity index (χ1n) is 10.8. The fourth-order valence-electron chi connectivity index (χ4n) is 3.73. The minimum absolute atomic E-state index is 0. The Morgan fingerprint density at radius 2 is 1.83 bits per heavy atom. The van der Waals surface area contributed by atoms with Crippen molar-refractivity contribution in [1.29, 1.82) is 0 Å². The highest BCUT2D eigenvalue weighted by Crippen LogP contribution is 2.33. The molecule has 8 nitrogen and oxygen atoms in total. The summed E-state index contributed by atoms with van der Waals surface area (Å²) in [6, 6.07) is 10.2. The SMILES string of the molecule is Cc1cc(C)c2sc(N(CCCn3ccnc3)C(=O)c3ccc(S(=O)(=O)N(C)C)cc3)nc2c1.Cl. The van der Waals surface area contributed by atoms with E-state index in [1.54, 1.807) is 29.6 Å². The zero-order chi connectivity index (χ0) is 24.5. The molecule has 2 aromatic carbocycles. The quantitative estimate of drug-likeness (QED) is 0.332. The standard InChI is InChI=1S/C24H27N5O3S2.ClH/c1-17-14-18(2)22-21(15-17)26-24(33-22)29(12-5-11-28-13-10-25-16-28)23(30)19-6-8-20(9-7-19)34(31,32)27(3)4;/h6-10,13-16H,5,11-12H2,1-4H3;1H. The first-order chi connectivity index (χ1) is 16.2. The van der Waals surface area contributed by atoms with E-state index in [1.165, 1.54) is 37.6 Å². The number of thiazole rings is 1. The Labute approximate surface area is 215 Å². The van der Waals surface area contributed by atoms with Crippen LogP contribution in [0.5, 0.6) is 0 Å². The molecule has 0 aliphatic rings. The van der Waals surface area contributed by atoms with Gasteiger partial charge >= 0.3 is 0 Å². The Balaban J connectivity index is 0.00000342. The lowest BCUT2D eigenvalue weighted by Gasteiger charge is -2.20. The molecular weight excluding hydrogens is 506 g/mol. The maximum absolute atomic E-state index is 13.6. The van der Waals surface area contributed by atoms with Crippen LogP contribution in [0.3, 0.4) is 0 Å². The van der Waals surface area contributed by atoms with Crippen molar-refractivity contribution in [2.75, 3.05) is 25.5 Å². The number of fused-ring (bicyclic) bond motifs is 1. The highest BCUT2D eigenvalue weighted by atomic mass is 35.5. The van der Waals surface area contributed by atoms with Gasteiger partial charge in [0, 0.05) is 45.1 Å². The number of benzene rings is 2. The molecule has 0 atom stereocenters. The van der Waals surface area contributed by atoms with Crippen LogP contribution in [-0.4, -0.2) is 53.8 Å². The number of hydrogen-bond acceptors (Lipinski definition) is 6. The normalized spacial score (nSPS) is 11.6. The van der Waals surface area contributed by atoms with Crippen LogP contribution in [0, 0.1) is 13.8 Å². The van der Waals surface area contributed by atoms with Crippen molar-refractivity contribution >= 4 is 55.0 Å². The molecule has 2 heterocycles. The van der Waals surface area contributed by atoms with Gasteiger partial charge in [0.25, 0.3) is 5.91 Å². The summed E-state index contributed by atoms with van der Waals surface area (Å²) in [7, 11) is -0.609. The van der Waals surface area contributed by atoms with Crippen LogP contribution >= 0.6 is 23.7 Å². The average molecular weight is 534 g/mol. The molecule has 0 aliphatic carbocycles. The first kappa shape index (κ1) is 26.8. The number of imidazole rings is 1. The molecule has 0 bridgehead atoms. The number of hydrogen-bond donors (Lipinski definition) is 0. The molecule has 2 aromatic heterocycles. The summed E-state index contributed by atoms with van der Waals surface area (Å²) >= 11 is 1.50. The van der Waals surface area contributed by atoms with E-state index in [0.29, 0.717) is 30.2 Å². The number of nitrogens with zero attached hydrogens (tertiary/aromatic N) is 5. The van der Waals surface area contributed by atoms with Crippen LogP contribution in [0.1, 0.15) is 27.9 Å². The van der Waals surface area contributed by atoms with E-state index in [9.17, 15) is 13.2 Å². The lowest BCUT2D eigenvalue weighted by molar-refractivity contribution is 0.0986. The van der Waals surface area contributed by atoms with Crippen LogP contribution in [-0.2, 0) is 16.6 Å². The summed E-state index contributed by atoms with van der Waals surface area (Å²) < 4.78 is 29.0. The van der Waals surface area contributed by atoms with Gasteiger partial charge in [-0.15, -0.1) is 12.4 Å². The highest BCUT2D eigenvalue weighted by Gasteiger charge is 2.23. The molecule has 35 heavy (non-hydrogen) atoms. The van der Waals surface area contributed by atoms with Crippen LogP contribution < -0.4 is 4.90 Å². The minimum Gasteiger partial charge on any atom is -0.337 e. The maximum Gasteiger partial charge on any atom is 0.260 e. The predicted molar refractivity (Wildman–Crippen MR) is 142 cm³/mol. The molecule has 1 amide bonds. The largest absolute Gasteiger partial charge is 0.337 e. The molecule has 4 rings (SSSR count). The number of halogens is 1. The number of aryl methyl sites for hydroxylation is 3. The van der Waals surface area contributed by atoms with E-state index in [-0.39, 0.29) is 23.2 Å². The second-order valence-corrected chi connectivity index (χ2v) is 11.5. The van der Waals surface area contributed by atoms with Gasteiger partial charge < -0.3 is 4.57 Å². The monoisotopic (exact) mass is 533 g/mol. The van der Waals surface area contributed by atoms with Gasteiger partial charge in [0.1, 0.15) is 0 Å². The van der Waals surface area contributed by atoms with Crippen LogP contribution in [0.2, 0.25) is 0 Å². The number of amides is 1. The number of aromatic nitrogens is 3. The Hall–Kier alpha value is -2.79. The Morgan fingerprint density at radius 3 is 2.46 bits per heavy atom. The fraction of sp³-hybridized carbons (Fsp3) is 0.292. The molecule has 0 unspecified atom stereocenters. The van der Waals surface area contributed by atoms with Crippen molar-refractivity contribution in [2.24, 2.45) is 0 Å². The summed E-state index contributed by atoms with van der Waals surface area (Å²) in [5.74, 6) is -0.215. The fourth-order valence-corrected chi connectivity index (χ4v) is 5.67. The molecule has 0 spiro atoms. The summed E-state index contributed by atoms with van der Waals surface area (Å²) in [5.41, 5.74) is 3.53. The van der Waals surface area contributed by atoms with Crippen molar-refractivity contribution in [3.63, 3.8) is 0 Å². The Kier molecular flexibility index (Phi) is 8.32. The lowest BCUT2D eigenvalue weighted by atomic mass is 10.1. The van der Waals surface area contributed by atoms with Gasteiger partial charge in [-0.25, -0.2) is 22.7 Å². The molecule has 11 heteroatoms. The van der Waals surface area contributed by atoms with E-state index in [2.05, 4.69) is 11.1 Å². The van der Waals surface area contributed by atoms with Crippen LogP contribution in [0.4, 0.5) is 5.13 Å². The number of sulfonamides is 1. The average Bonchev–Trinajstić information content (AvgIpc) is 3.46. The number of rotatable bonds is 8. The van der Waals surface area contributed by atoms with Gasteiger partial charge in [-0.1, -0.05) is 17.4 Å². The lowest BCUT2D eigenvalue weighted by Crippen LogP contribution is -2.32. The van der Waals surface area contributed by atoms with Gasteiger partial charge in [0.15, 0.2) is 5.13 Å². The molecular formula is C24H28ClN5O3S2. The van der Waals surface area contributed by atoms with E-state index >= 15 is 0 Å². The van der Waals surface area contributed by atoms with Crippen molar-refractivity contribution in [3.05, 3.63) is 71.8 Å². The predicted octanol–water partition coefficient (Wildman–Crippen LogP) is 4.52. The molecule has 0 fully saturated rings. The molecule has 0 saturated heterocycles. The molecule has 0 radical (unpaired) electrons. The number of anilines is 1. The Morgan fingerprint density at radius 1 is 1.11 bits per heavy atom. The minimum atomic E-state index is -3.57. The third kappa shape index (κ3) is 5.72. The van der Waals surface area contributed by atoms with Crippen molar-refractivity contribution in [3.8, 4) is 0 Å².